The Labute approximate surface area is 94.8 Å². The summed E-state index contributed by atoms with van der Waals surface area (Å²) in [5, 5.41) is 2.25. The smallest absolute Gasteiger partial charge is 0.120 e. The summed E-state index contributed by atoms with van der Waals surface area (Å²) in [5.74, 6) is 0.856. The molecule has 0 saturated heterocycles. The molecule has 0 bridgehead atoms. The molecule has 0 aliphatic heterocycles. The molecule has 0 fully saturated rings. The number of ether oxygens (including phenoxy) is 2. The third-order valence-electron chi connectivity index (χ3n) is 2.39. The average Bonchev–Trinajstić information content (AvgIpc) is 2.29. The fraction of sp³-hybridized carbons (Fsp3) is 0.231. The Bertz CT molecular complexity index is 482. The number of methoxy groups -OCH3 is 1. The van der Waals surface area contributed by atoms with E-state index in [9.17, 15) is 0 Å². The van der Waals surface area contributed by atoms with Crippen molar-refractivity contribution in [3.63, 3.8) is 0 Å². The van der Waals surface area contributed by atoms with Crippen molar-refractivity contribution in [1.82, 2.24) is 0 Å². The summed E-state index contributed by atoms with van der Waals surface area (Å²) in [7, 11) is 1.66. The third-order valence-corrected chi connectivity index (χ3v) is 2.39. The number of nitrogen functional groups attached to an aromatic ring is 1. The second-order valence-electron chi connectivity index (χ2n) is 3.61. The lowest BCUT2D eigenvalue weighted by Gasteiger charge is -2.06. The van der Waals surface area contributed by atoms with Gasteiger partial charge in [-0.2, -0.15) is 0 Å². The molecule has 84 valence electrons. The van der Waals surface area contributed by atoms with Gasteiger partial charge in [0.1, 0.15) is 12.4 Å². The number of hydrogen-bond acceptors (Lipinski definition) is 3. The lowest BCUT2D eigenvalue weighted by atomic mass is 10.1. The fourth-order valence-corrected chi connectivity index (χ4v) is 1.57. The van der Waals surface area contributed by atoms with E-state index in [4.69, 9.17) is 15.2 Å². The predicted octanol–water partition coefficient (Wildman–Crippen LogP) is 2.45. The first-order valence-electron chi connectivity index (χ1n) is 5.20. The van der Waals surface area contributed by atoms with Crippen LogP contribution in [0.1, 0.15) is 0 Å². The van der Waals surface area contributed by atoms with E-state index in [0.29, 0.717) is 13.2 Å². The van der Waals surface area contributed by atoms with Gasteiger partial charge in [0.25, 0.3) is 0 Å². The van der Waals surface area contributed by atoms with E-state index in [1.807, 2.05) is 36.4 Å². The molecular weight excluding hydrogens is 202 g/mol. The molecule has 0 spiro atoms. The van der Waals surface area contributed by atoms with Crippen LogP contribution in [0.2, 0.25) is 0 Å². The Morgan fingerprint density at radius 1 is 1.00 bits per heavy atom. The molecule has 3 heteroatoms. The predicted molar refractivity (Wildman–Crippen MR) is 65.7 cm³/mol. The van der Waals surface area contributed by atoms with Crippen molar-refractivity contribution in [2.75, 3.05) is 26.1 Å². The summed E-state index contributed by atoms with van der Waals surface area (Å²) in [6, 6.07) is 11.8. The quantitative estimate of drug-likeness (QED) is 0.632. The lowest BCUT2D eigenvalue weighted by molar-refractivity contribution is 0.146. The van der Waals surface area contributed by atoms with E-state index < -0.39 is 0 Å². The summed E-state index contributed by atoms with van der Waals surface area (Å²) in [5.41, 5.74) is 6.49. The zero-order valence-electron chi connectivity index (χ0n) is 9.27. The van der Waals surface area contributed by atoms with Gasteiger partial charge in [0.2, 0.25) is 0 Å². The molecule has 2 aromatic carbocycles. The monoisotopic (exact) mass is 217 g/mol. The first-order valence-corrected chi connectivity index (χ1v) is 5.20. The zero-order valence-corrected chi connectivity index (χ0v) is 9.27. The molecule has 3 nitrogen and oxygen atoms in total. The van der Waals surface area contributed by atoms with Crippen LogP contribution in [0.3, 0.4) is 0 Å². The van der Waals surface area contributed by atoms with Crippen LogP contribution < -0.4 is 10.5 Å². The summed E-state index contributed by atoms with van der Waals surface area (Å²) in [6.07, 6.45) is 0. The summed E-state index contributed by atoms with van der Waals surface area (Å²) < 4.78 is 10.5. The van der Waals surface area contributed by atoms with Crippen LogP contribution in [0.25, 0.3) is 10.8 Å². The van der Waals surface area contributed by atoms with Crippen LogP contribution in [0, 0.1) is 0 Å². The standard InChI is InChI=1S/C13H15NO2/c1-15-6-7-16-13-5-3-10-8-12(14)4-2-11(10)9-13/h2-5,8-9H,6-7,14H2,1H3. The number of fused-ring (bicyclic) bond motifs is 1. The number of rotatable bonds is 4. The molecule has 0 radical (unpaired) electrons. The molecular formula is C13H15NO2. The normalized spacial score (nSPS) is 10.6. The molecule has 0 aliphatic rings. The minimum atomic E-state index is 0.566. The highest BCUT2D eigenvalue weighted by atomic mass is 16.5. The molecule has 2 N–H and O–H groups in total. The fourth-order valence-electron chi connectivity index (χ4n) is 1.57. The van der Waals surface area contributed by atoms with Crippen molar-refractivity contribution in [2.24, 2.45) is 0 Å². The second-order valence-corrected chi connectivity index (χ2v) is 3.61. The van der Waals surface area contributed by atoms with Gasteiger partial charge < -0.3 is 15.2 Å². The zero-order chi connectivity index (χ0) is 11.4. The van der Waals surface area contributed by atoms with Crippen molar-refractivity contribution in [3.8, 4) is 5.75 Å². The summed E-state index contributed by atoms with van der Waals surface area (Å²) in [6.45, 7) is 1.16. The topological polar surface area (TPSA) is 44.5 Å². The van der Waals surface area contributed by atoms with Crippen LogP contribution in [0.5, 0.6) is 5.75 Å². The number of anilines is 1. The maximum absolute atomic E-state index is 5.71. The maximum Gasteiger partial charge on any atom is 0.120 e. The van der Waals surface area contributed by atoms with Crippen LogP contribution in [-0.4, -0.2) is 20.3 Å². The van der Waals surface area contributed by atoms with Crippen LogP contribution in [0.15, 0.2) is 36.4 Å². The minimum Gasteiger partial charge on any atom is -0.491 e. The largest absolute Gasteiger partial charge is 0.491 e. The Kier molecular flexibility index (Phi) is 3.27. The molecule has 0 amide bonds. The van der Waals surface area contributed by atoms with Crippen LogP contribution in [0.4, 0.5) is 5.69 Å². The molecule has 0 atom stereocenters. The van der Waals surface area contributed by atoms with Crippen molar-refractivity contribution in [2.45, 2.75) is 0 Å². The van der Waals surface area contributed by atoms with Gasteiger partial charge in [-0.1, -0.05) is 12.1 Å². The van der Waals surface area contributed by atoms with E-state index in [1.165, 1.54) is 0 Å². The number of nitrogens with two attached hydrogens (primary N) is 1. The van der Waals surface area contributed by atoms with E-state index >= 15 is 0 Å². The van der Waals surface area contributed by atoms with Crippen molar-refractivity contribution < 1.29 is 9.47 Å². The van der Waals surface area contributed by atoms with Gasteiger partial charge >= 0.3 is 0 Å². The van der Waals surface area contributed by atoms with E-state index in [2.05, 4.69) is 0 Å². The average molecular weight is 217 g/mol. The van der Waals surface area contributed by atoms with Gasteiger partial charge in [0.05, 0.1) is 6.61 Å². The molecule has 2 aromatic rings. The Morgan fingerprint density at radius 2 is 1.75 bits per heavy atom. The van der Waals surface area contributed by atoms with Gasteiger partial charge in [0, 0.05) is 12.8 Å². The lowest BCUT2D eigenvalue weighted by Crippen LogP contribution is -2.03. The Balaban J connectivity index is 2.20. The first kappa shape index (κ1) is 10.8. The third kappa shape index (κ3) is 2.44. The van der Waals surface area contributed by atoms with Crippen molar-refractivity contribution >= 4 is 16.5 Å². The molecule has 0 aromatic heterocycles. The highest BCUT2D eigenvalue weighted by Crippen LogP contribution is 2.22. The van der Waals surface area contributed by atoms with Gasteiger partial charge in [-0.3, -0.25) is 0 Å². The van der Waals surface area contributed by atoms with Crippen molar-refractivity contribution in [1.29, 1.82) is 0 Å². The Morgan fingerprint density at radius 3 is 2.56 bits per heavy atom. The van der Waals surface area contributed by atoms with Gasteiger partial charge in [-0.15, -0.1) is 0 Å². The maximum atomic E-state index is 5.71. The Hall–Kier alpha value is -1.74. The highest BCUT2D eigenvalue weighted by Gasteiger charge is 1.98. The molecule has 0 unspecified atom stereocenters. The van der Waals surface area contributed by atoms with Gasteiger partial charge in [-0.25, -0.2) is 0 Å². The van der Waals surface area contributed by atoms with Gasteiger partial charge in [0.15, 0.2) is 0 Å². The molecule has 2 rings (SSSR count). The van der Waals surface area contributed by atoms with E-state index in [1.54, 1.807) is 7.11 Å². The molecule has 0 saturated carbocycles. The number of benzene rings is 2. The minimum absolute atomic E-state index is 0.566. The van der Waals surface area contributed by atoms with Crippen LogP contribution in [-0.2, 0) is 4.74 Å². The summed E-state index contributed by atoms with van der Waals surface area (Å²) >= 11 is 0. The van der Waals surface area contributed by atoms with Crippen LogP contribution >= 0.6 is 0 Å². The molecule has 0 heterocycles. The van der Waals surface area contributed by atoms with Gasteiger partial charge in [-0.05, 0) is 35.0 Å². The van der Waals surface area contributed by atoms with E-state index in [0.717, 1.165) is 22.2 Å². The molecule has 0 aliphatic carbocycles. The molecule has 16 heavy (non-hydrogen) atoms. The first-order chi connectivity index (χ1) is 7.79. The highest BCUT2D eigenvalue weighted by molar-refractivity contribution is 5.86. The summed E-state index contributed by atoms with van der Waals surface area (Å²) in [4.78, 5) is 0. The number of hydrogen-bond donors (Lipinski definition) is 1. The SMILES string of the molecule is COCCOc1ccc2cc(N)ccc2c1. The van der Waals surface area contributed by atoms with E-state index in [-0.39, 0.29) is 0 Å². The van der Waals surface area contributed by atoms with Crippen molar-refractivity contribution in [3.05, 3.63) is 36.4 Å². The second kappa shape index (κ2) is 4.86.